The van der Waals surface area contributed by atoms with E-state index in [0.29, 0.717) is 37.3 Å². The van der Waals surface area contributed by atoms with Gasteiger partial charge in [-0.25, -0.2) is 9.59 Å². The second-order valence-electron chi connectivity index (χ2n) is 6.95. The number of hydrogen-bond donors (Lipinski definition) is 1. The number of nitrogens with zero attached hydrogens (tertiary/aromatic N) is 2. The Morgan fingerprint density at radius 2 is 1.80 bits per heavy atom. The summed E-state index contributed by atoms with van der Waals surface area (Å²) in [6.45, 7) is 7.68. The van der Waals surface area contributed by atoms with Gasteiger partial charge in [-0.1, -0.05) is 6.07 Å². The molecular formula is C18H26N2O5. The summed E-state index contributed by atoms with van der Waals surface area (Å²) < 4.78 is 10.2. The van der Waals surface area contributed by atoms with E-state index in [0.717, 1.165) is 5.69 Å². The maximum atomic E-state index is 12.1. The van der Waals surface area contributed by atoms with Crippen LogP contribution in [0.25, 0.3) is 0 Å². The van der Waals surface area contributed by atoms with Crippen LogP contribution in [0.5, 0.6) is 0 Å². The van der Waals surface area contributed by atoms with Gasteiger partial charge in [-0.3, -0.25) is 0 Å². The summed E-state index contributed by atoms with van der Waals surface area (Å²) in [5.41, 5.74) is 1.24. The van der Waals surface area contributed by atoms with Gasteiger partial charge in [0.05, 0.1) is 19.3 Å². The Morgan fingerprint density at radius 1 is 1.16 bits per heavy atom. The molecule has 7 heteroatoms. The lowest BCUT2D eigenvalue weighted by atomic mass is 10.1. The molecule has 0 spiro atoms. The van der Waals surface area contributed by atoms with Gasteiger partial charge < -0.3 is 24.4 Å². The van der Waals surface area contributed by atoms with Gasteiger partial charge in [0.1, 0.15) is 5.60 Å². The van der Waals surface area contributed by atoms with E-state index in [1.807, 2.05) is 26.8 Å². The Hall–Kier alpha value is -2.28. The highest BCUT2D eigenvalue weighted by Gasteiger charge is 2.26. The lowest BCUT2D eigenvalue weighted by Crippen LogP contribution is -2.50. The zero-order valence-corrected chi connectivity index (χ0v) is 15.2. The monoisotopic (exact) mass is 350 g/mol. The first-order chi connectivity index (χ1) is 11.7. The molecule has 1 aromatic rings. The summed E-state index contributed by atoms with van der Waals surface area (Å²) >= 11 is 0. The van der Waals surface area contributed by atoms with E-state index >= 15 is 0 Å². The van der Waals surface area contributed by atoms with E-state index in [-0.39, 0.29) is 12.7 Å². The molecule has 2 rings (SSSR count). The number of rotatable bonds is 3. The standard InChI is InChI=1S/C18H26N2O5/c1-18(2,3)25-17(23)20-9-7-19(8-10-20)14-6-5-13(12-21)15(11-14)16(22)24-4/h5-6,11,21H,7-10,12H2,1-4H3. The molecule has 1 fully saturated rings. The number of aliphatic hydroxyl groups is 1. The molecule has 0 unspecified atom stereocenters. The Balaban J connectivity index is 2.05. The normalized spacial score (nSPS) is 15.1. The maximum Gasteiger partial charge on any atom is 0.410 e. The molecule has 1 N–H and O–H groups in total. The number of piperazine rings is 1. The van der Waals surface area contributed by atoms with Gasteiger partial charge in [-0.05, 0) is 38.5 Å². The lowest BCUT2D eigenvalue weighted by molar-refractivity contribution is 0.0240. The Labute approximate surface area is 148 Å². The second kappa shape index (κ2) is 7.74. The van der Waals surface area contributed by atoms with E-state index in [1.165, 1.54) is 7.11 Å². The van der Waals surface area contributed by atoms with Crippen LogP contribution >= 0.6 is 0 Å². The van der Waals surface area contributed by atoms with Crippen molar-refractivity contribution >= 4 is 17.7 Å². The van der Waals surface area contributed by atoms with Crippen LogP contribution in [-0.2, 0) is 16.1 Å². The molecular weight excluding hydrogens is 324 g/mol. The summed E-state index contributed by atoms with van der Waals surface area (Å²) in [4.78, 5) is 27.8. The molecule has 1 aliphatic heterocycles. The van der Waals surface area contributed by atoms with Crippen LogP contribution in [0.3, 0.4) is 0 Å². The lowest BCUT2D eigenvalue weighted by Gasteiger charge is -2.37. The van der Waals surface area contributed by atoms with Crippen molar-refractivity contribution in [3.8, 4) is 0 Å². The van der Waals surface area contributed by atoms with Gasteiger partial charge in [-0.2, -0.15) is 0 Å². The van der Waals surface area contributed by atoms with Crippen LogP contribution in [0.15, 0.2) is 18.2 Å². The van der Waals surface area contributed by atoms with E-state index in [4.69, 9.17) is 9.47 Å². The average Bonchev–Trinajstić information content (AvgIpc) is 2.59. The molecule has 0 bridgehead atoms. The summed E-state index contributed by atoms with van der Waals surface area (Å²) in [6.07, 6.45) is -0.307. The smallest absolute Gasteiger partial charge is 0.410 e. The van der Waals surface area contributed by atoms with Crippen LogP contribution in [-0.4, -0.2) is 61.0 Å². The molecule has 7 nitrogen and oxygen atoms in total. The summed E-state index contributed by atoms with van der Waals surface area (Å²) in [6, 6.07) is 5.31. The largest absolute Gasteiger partial charge is 0.465 e. The van der Waals surface area contributed by atoms with Crippen LogP contribution < -0.4 is 4.90 Å². The maximum absolute atomic E-state index is 12.1. The van der Waals surface area contributed by atoms with Gasteiger partial charge in [0.15, 0.2) is 0 Å². The van der Waals surface area contributed by atoms with Crippen molar-refractivity contribution in [3.05, 3.63) is 29.3 Å². The molecule has 1 aliphatic rings. The highest BCUT2D eigenvalue weighted by molar-refractivity contribution is 5.92. The van der Waals surface area contributed by atoms with Gasteiger partial charge in [0.2, 0.25) is 0 Å². The summed E-state index contributed by atoms with van der Waals surface area (Å²) in [7, 11) is 1.32. The molecule has 0 saturated carbocycles. The van der Waals surface area contributed by atoms with E-state index < -0.39 is 11.6 Å². The molecule has 25 heavy (non-hydrogen) atoms. The minimum Gasteiger partial charge on any atom is -0.465 e. The van der Waals surface area contributed by atoms with Crippen molar-refractivity contribution in [3.63, 3.8) is 0 Å². The second-order valence-corrected chi connectivity index (χ2v) is 6.95. The molecule has 0 radical (unpaired) electrons. The Morgan fingerprint density at radius 3 is 2.32 bits per heavy atom. The van der Waals surface area contributed by atoms with Crippen molar-refractivity contribution in [1.29, 1.82) is 0 Å². The number of methoxy groups -OCH3 is 1. The first-order valence-electron chi connectivity index (χ1n) is 8.30. The molecule has 0 aromatic heterocycles. The number of carbonyl (C=O) groups is 2. The number of benzene rings is 1. The van der Waals surface area contributed by atoms with E-state index in [2.05, 4.69) is 4.90 Å². The Bertz CT molecular complexity index is 631. The minimum absolute atomic E-state index is 0.225. The van der Waals surface area contributed by atoms with Crippen LogP contribution in [0, 0.1) is 0 Å². The van der Waals surface area contributed by atoms with Crippen molar-refractivity contribution < 1.29 is 24.2 Å². The molecule has 1 amide bonds. The third kappa shape index (κ3) is 4.85. The van der Waals surface area contributed by atoms with E-state index in [9.17, 15) is 14.7 Å². The molecule has 1 heterocycles. The summed E-state index contributed by atoms with van der Waals surface area (Å²) in [5.74, 6) is -0.474. The average molecular weight is 350 g/mol. The van der Waals surface area contributed by atoms with Gasteiger partial charge >= 0.3 is 12.1 Å². The topological polar surface area (TPSA) is 79.3 Å². The number of aliphatic hydroxyl groups excluding tert-OH is 1. The van der Waals surface area contributed by atoms with Crippen LogP contribution in [0.1, 0.15) is 36.7 Å². The molecule has 138 valence electrons. The quantitative estimate of drug-likeness (QED) is 0.840. The number of carbonyl (C=O) groups excluding carboxylic acids is 2. The minimum atomic E-state index is -0.510. The van der Waals surface area contributed by atoms with E-state index in [1.54, 1.807) is 17.0 Å². The zero-order valence-electron chi connectivity index (χ0n) is 15.2. The van der Waals surface area contributed by atoms with Crippen molar-refractivity contribution in [2.45, 2.75) is 33.0 Å². The third-order valence-electron chi connectivity index (χ3n) is 3.97. The van der Waals surface area contributed by atoms with Gasteiger partial charge in [0, 0.05) is 31.9 Å². The van der Waals surface area contributed by atoms with Crippen LogP contribution in [0.4, 0.5) is 10.5 Å². The van der Waals surface area contributed by atoms with Crippen molar-refractivity contribution in [2.24, 2.45) is 0 Å². The molecule has 1 saturated heterocycles. The number of esters is 1. The number of hydrogen-bond acceptors (Lipinski definition) is 6. The first kappa shape index (κ1) is 19.1. The number of ether oxygens (including phenoxy) is 2. The summed E-state index contributed by atoms with van der Waals surface area (Å²) in [5, 5.41) is 9.37. The number of amides is 1. The van der Waals surface area contributed by atoms with Gasteiger partial charge in [0.25, 0.3) is 0 Å². The van der Waals surface area contributed by atoms with Crippen molar-refractivity contribution in [1.82, 2.24) is 4.90 Å². The molecule has 1 aromatic carbocycles. The highest BCUT2D eigenvalue weighted by Crippen LogP contribution is 2.22. The molecule has 0 atom stereocenters. The van der Waals surface area contributed by atoms with Gasteiger partial charge in [-0.15, -0.1) is 0 Å². The highest BCUT2D eigenvalue weighted by atomic mass is 16.6. The van der Waals surface area contributed by atoms with Crippen molar-refractivity contribution in [2.75, 3.05) is 38.2 Å². The number of anilines is 1. The fourth-order valence-electron chi connectivity index (χ4n) is 2.67. The SMILES string of the molecule is COC(=O)c1cc(N2CCN(C(=O)OC(C)(C)C)CC2)ccc1CO. The zero-order chi connectivity index (χ0) is 18.6. The predicted molar refractivity (Wildman–Crippen MR) is 93.7 cm³/mol. The third-order valence-corrected chi connectivity index (χ3v) is 3.97. The first-order valence-corrected chi connectivity index (χ1v) is 8.30. The molecule has 0 aliphatic carbocycles. The predicted octanol–water partition coefficient (Wildman–Crippen LogP) is 2.02. The fraction of sp³-hybridized carbons (Fsp3) is 0.556. The van der Waals surface area contributed by atoms with Crippen LogP contribution in [0.2, 0.25) is 0 Å². The Kier molecular flexibility index (Phi) is 5.89. The fourth-order valence-corrected chi connectivity index (χ4v) is 2.67.